The molecule has 0 atom stereocenters. The molecule has 4 rings (SSSR count). The fourth-order valence-corrected chi connectivity index (χ4v) is 3.69. The van der Waals surface area contributed by atoms with Gasteiger partial charge < -0.3 is 9.40 Å². The summed E-state index contributed by atoms with van der Waals surface area (Å²) < 4.78 is 5.73. The first-order valence-electron chi connectivity index (χ1n) is 8.27. The minimum Gasteiger partial charge on any atom is -0.450 e. The Morgan fingerprint density at radius 1 is 1.25 bits per heavy atom. The van der Waals surface area contributed by atoms with Gasteiger partial charge in [-0.1, -0.05) is 18.2 Å². The average molecular weight is 410 g/mol. The Labute approximate surface area is 169 Å². The van der Waals surface area contributed by atoms with Gasteiger partial charge >= 0.3 is 0 Å². The monoisotopic (exact) mass is 410 g/mol. The molecule has 0 saturated carbocycles. The van der Waals surface area contributed by atoms with Gasteiger partial charge in [-0.3, -0.25) is 19.8 Å². The number of imidazole rings is 1. The van der Waals surface area contributed by atoms with Gasteiger partial charge in [0.05, 0.1) is 11.0 Å². The summed E-state index contributed by atoms with van der Waals surface area (Å²) in [7, 11) is 0. The van der Waals surface area contributed by atoms with E-state index in [1.54, 1.807) is 12.1 Å². The first-order chi connectivity index (χ1) is 13.5. The van der Waals surface area contributed by atoms with Crippen molar-refractivity contribution in [3.63, 3.8) is 0 Å². The quantitative estimate of drug-likeness (QED) is 0.291. The van der Waals surface area contributed by atoms with E-state index in [1.165, 1.54) is 28.8 Å². The summed E-state index contributed by atoms with van der Waals surface area (Å²) in [4.78, 5) is 33.6. The van der Waals surface area contributed by atoms with Crippen LogP contribution in [0.1, 0.15) is 5.76 Å². The van der Waals surface area contributed by atoms with Gasteiger partial charge in [-0.05, 0) is 54.3 Å². The van der Waals surface area contributed by atoms with E-state index in [2.05, 4.69) is 21.9 Å². The normalized spacial score (nSPS) is 16.1. The van der Waals surface area contributed by atoms with Crippen LogP contribution in [0.3, 0.4) is 0 Å². The Bertz CT molecular complexity index is 1110. The van der Waals surface area contributed by atoms with Crippen molar-refractivity contribution in [2.45, 2.75) is 10.2 Å². The molecule has 0 aliphatic carbocycles. The number of amides is 2. The van der Waals surface area contributed by atoms with Gasteiger partial charge in [0.2, 0.25) is 0 Å². The van der Waals surface area contributed by atoms with Crippen LogP contribution >= 0.6 is 24.0 Å². The number of H-pyrrole nitrogens is 1. The first-order valence-corrected chi connectivity index (χ1v) is 9.50. The van der Waals surface area contributed by atoms with Crippen LogP contribution in [-0.2, 0) is 9.59 Å². The zero-order chi connectivity index (χ0) is 19.7. The molecule has 0 unspecified atom stereocenters. The van der Waals surface area contributed by atoms with E-state index in [1.807, 2.05) is 24.3 Å². The van der Waals surface area contributed by atoms with E-state index in [9.17, 15) is 9.59 Å². The number of aromatic amines is 1. The molecule has 1 aliphatic rings. The maximum atomic E-state index is 12.5. The van der Waals surface area contributed by atoms with Crippen LogP contribution in [0.5, 0.6) is 0 Å². The van der Waals surface area contributed by atoms with Crippen molar-refractivity contribution in [1.82, 2.24) is 20.2 Å². The lowest BCUT2D eigenvalue weighted by Gasteiger charge is -2.27. The van der Waals surface area contributed by atoms with Gasteiger partial charge in [0.1, 0.15) is 11.3 Å². The third kappa shape index (κ3) is 3.49. The molecule has 0 bridgehead atoms. The second kappa shape index (κ2) is 7.45. The summed E-state index contributed by atoms with van der Waals surface area (Å²) in [6, 6.07) is 11.1. The first kappa shape index (κ1) is 18.2. The fourth-order valence-electron chi connectivity index (χ4n) is 2.67. The summed E-state index contributed by atoms with van der Waals surface area (Å²) in [6.45, 7) is 3.80. The molecular formula is C19H14N4O3S2. The number of aromatic nitrogens is 2. The van der Waals surface area contributed by atoms with Crippen LogP contribution in [-0.4, -0.2) is 38.3 Å². The smallest absolute Gasteiger partial charge is 0.266 e. The summed E-state index contributed by atoms with van der Waals surface area (Å²) in [6.07, 6.45) is 2.94. The van der Waals surface area contributed by atoms with Crippen molar-refractivity contribution in [3.8, 4) is 0 Å². The molecule has 2 aromatic heterocycles. The second-order valence-corrected chi connectivity index (χ2v) is 7.22. The molecule has 2 amide bonds. The van der Waals surface area contributed by atoms with Crippen LogP contribution < -0.4 is 5.32 Å². The SMILES string of the molecule is C=CCN1C(=O)/C(=C/c2ccc(Sc3nc4ccccc4[nH]3)o2)C(=O)NC1=S. The number of carbonyl (C=O) groups is 2. The fraction of sp³-hybridized carbons (Fsp3) is 0.0526. The van der Waals surface area contributed by atoms with Gasteiger partial charge in [-0.25, -0.2) is 4.98 Å². The Morgan fingerprint density at radius 3 is 2.86 bits per heavy atom. The molecule has 3 aromatic rings. The molecule has 1 aliphatic heterocycles. The number of para-hydroxylation sites is 2. The van der Waals surface area contributed by atoms with Crippen molar-refractivity contribution in [2.75, 3.05) is 6.54 Å². The van der Waals surface area contributed by atoms with Crippen LogP contribution in [0.15, 0.2) is 69.3 Å². The van der Waals surface area contributed by atoms with Gasteiger partial charge in [0.15, 0.2) is 15.4 Å². The number of hydrogen-bond acceptors (Lipinski definition) is 6. The number of rotatable bonds is 5. The van der Waals surface area contributed by atoms with Gasteiger partial charge in [0.25, 0.3) is 11.8 Å². The summed E-state index contributed by atoms with van der Waals surface area (Å²) in [5.41, 5.74) is 1.74. The van der Waals surface area contributed by atoms with E-state index in [0.717, 1.165) is 11.0 Å². The summed E-state index contributed by atoms with van der Waals surface area (Å²) in [5, 5.41) is 3.82. The molecule has 140 valence electrons. The number of hydrogen-bond donors (Lipinski definition) is 2. The third-order valence-corrected chi connectivity index (χ3v) is 5.08. The zero-order valence-corrected chi connectivity index (χ0v) is 16.1. The van der Waals surface area contributed by atoms with Crippen molar-refractivity contribution in [1.29, 1.82) is 0 Å². The van der Waals surface area contributed by atoms with Crippen molar-refractivity contribution < 1.29 is 14.0 Å². The minimum atomic E-state index is -0.557. The predicted molar refractivity (Wildman–Crippen MR) is 110 cm³/mol. The van der Waals surface area contributed by atoms with Crippen LogP contribution in [0.4, 0.5) is 0 Å². The maximum Gasteiger partial charge on any atom is 0.266 e. The van der Waals surface area contributed by atoms with E-state index < -0.39 is 11.8 Å². The van der Waals surface area contributed by atoms with E-state index in [4.69, 9.17) is 16.6 Å². The zero-order valence-electron chi connectivity index (χ0n) is 14.5. The van der Waals surface area contributed by atoms with Gasteiger partial charge in [-0.2, -0.15) is 0 Å². The maximum absolute atomic E-state index is 12.5. The summed E-state index contributed by atoms with van der Waals surface area (Å²) >= 11 is 6.34. The molecule has 28 heavy (non-hydrogen) atoms. The Hall–Kier alpha value is -3.17. The third-order valence-electron chi connectivity index (χ3n) is 3.95. The van der Waals surface area contributed by atoms with Crippen LogP contribution in [0.2, 0.25) is 0 Å². The number of thiocarbonyl (C=S) groups is 1. The molecule has 7 nitrogen and oxygen atoms in total. The number of fused-ring (bicyclic) bond motifs is 1. The number of furan rings is 1. The molecular weight excluding hydrogens is 396 g/mol. The van der Waals surface area contributed by atoms with Crippen LogP contribution in [0.25, 0.3) is 17.1 Å². The molecule has 1 aromatic carbocycles. The lowest BCUT2D eigenvalue weighted by molar-refractivity contribution is -0.128. The van der Waals surface area contributed by atoms with Crippen LogP contribution in [0, 0.1) is 0 Å². The van der Waals surface area contributed by atoms with Gasteiger partial charge in [-0.15, -0.1) is 6.58 Å². The topological polar surface area (TPSA) is 91.2 Å². The Balaban J connectivity index is 1.56. The average Bonchev–Trinajstić information content (AvgIpc) is 3.28. The molecule has 1 saturated heterocycles. The standard InChI is InChI=1S/C19H14N4O3S2/c1-2-9-23-17(25)12(16(24)22-19(23)27)10-11-7-8-15(26-11)28-18-20-13-5-3-4-6-14(13)21-18/h2-8,10H,1,9H2,(H,20,21)(H,22,24,27)/b12-10+. The molecule has 9 heteroatoms. The number of carbonyl (C=O) groups excluding carboxylic acids is 2. The molecule has 2 N–H and O–H groups in total. The molecule has 0 spiro atoms. The predicted octanol–water partition coefficient (Wildman–Crippen LogP) is 3.12. The highest BCUT2D eigenvalue weighted by Gasteiger charge is 2.32. The number of nitrogens with zero attached hydrogens (tertiary/aromatic N) is 2. The summed E-state index contributed by atoms with van der Waals surface area (Å²) in [5.74, 6) is -0.668. The molecule has 1 fully saturated rings. The number of nitrogens with one attached hydrogen (secondary N) is 2. The van der Waals surface area contributed by atoms with Crippen molar-refractivity contribution in [3.05, 3.63) is 60.4 Å². The minimum absolute atomic E-state index is 0.0508. The lowest BCUT2D eigenvalue weighted by Crippen LogP contribution is -2.53. The van der Waals surface area contributed by atoms with E-state index in [-0.39, 0.29) is 17.2 Å². The van der Waals surface area contributed by atoms with E-state index >= 15 is 0 Å². The van der Waals surface area contributed by atoms with Crippen molar-refractivity contribution in [2.24, 2.45) is 0 Å². The Morgan fingerprint density at radius 2 is 2.07 bits per heavy atom. The highest BCUT2D eigenvalue weighted by Crippen LogP contribution is 2.29. The number of benzene rings is 1. The van der Waals surface area contributed by atoms with Gasteiger partial charge in [0, 0.05) is 6.54 Å². The highest BCUT2D eigenvalue weighted by atomic mass is 32.2. The second-order valence-electron chi connectivity index (χ2n) is 5.84. The largest absolute Gasteiger partial charge is 0.450 e. The molecule has 3 heterocycles. The molecule has 0 radical (unpaired) electrons. The van der Waals surface area contributed by atoms with E-state index in [0.29, 0.717) is 16.0 Å². The Kier molecular flexibility index (Phi) is 4.84. The lowest BCUT2D eigenvalue weighted by atomic mass is 10.1. The van der Waals surface area contributed by atoms with Crippen molar-refractivity contribution >= 4 is 58.0 Å². The highest BCUT2D eigenvalue weighted by molar-refractivity contribution is 7.99.